The number of hydrogen-bond donors (Lipinski definition) is 1. The van der Waals surface area contributed by atoms with Gasteiger partial charge in [-0.15, -0.1) is 0 Å². The lowest BCUT2D eigenvalue weighted by Crippen LogP contribution is -2.19. The molecule has 0 aliphatic carbocycles. The van der Waals surface area contributed by atoms with Gasteiger partial charge in [0.25, 0.3) is 0 Å². The quantitative estimate of drug-likeness (QED) is 0.571. The van der Waals surface area contributed by atoms with Gasteiger partial charge in [0, 0.05) is 0 Å². The molecule has 0 fully saturated rings. The van der Waals surface area contributed by atoms with Crippen molar-refractivity contribution in [3.8, 4) is 11.8 Å². The van der Waals surface area contributed by atoms with Gasteiger partial charge in [-0.3, -0.25) is 0 Å². The normalized spacial score (nSPS) is 16.6. The zero-order valence-corrected chi connectivity index (χ0v) is 7.73. The fraction of sp³-hybridized carbons (Fsp3) is 0.600. The van der Waals surface area contributed by atoms with E-state index in [4.69, 9.17) is 0 Å². The fourth-order valence-corrected chi connectivity index (χ4v) is 0.394. The first-order chi connectivity index (χ1) is 5.02. The topological polar surface area (TPSA) is 20.2 Å². The average molecular weight is 152 g/mol. The van der Waals surface area contributed by atoms with Crippen molar-refractivity contribution < 1.29 is 5.11 Å². The highest BCUT2D eigenvalue weighted by Crippen LogP contribution is 2.05. The highest BCUT2D eigenvalue weighted by atomic mass is 16.3. The first-order valence-electron chi connectivity index (χ1n) is 3.90. The summed E-state index contributed by atoms with van der Waals surface area (Å²) in [4.78, 5) is 0. The molecule has 11 heavy (non-hydrogen) atoms. The van der Waals surface area contributed by atoms with Gasteiger partial charge in [-0.25, -0.2) is 0 Å². The van der Waals surface area contributed by atoms with E-state index in [0.29, 0.717) is 6.42 Å². The molecule has 0 aromatic heterocycles. The minimum Gasteiger partial charge on any atom is -0.378 e. The Labute approximate surface area is 69.1 Å². The Morgan fingerprint density at radius 2 is 2.18 bits per heavy atom. The molecule has 0 amide bonds. The third-order valence-electron chi connectivity index (χ3n) is 1.65. The summed E-state index contributed by atoms with van der Waals surface area (Å²) in [5.74, 6) is 5.68. The summed E-state index contributed by atoms with van der Waals surface area (Å²) in [6.07, 6.45) is 2.59. The lowest BCUT2D eigenvalue weighted by Gasteiger charge is -2.11. The van der Waals surface area contributed by atoms with Gasteiger partial charge in [-0.05, 0) is 32.8 Å². The van der Waals surface area contributed by atoms with Crippen LogP contribution in [0.5, 0.6) is 0 Å². The van der Waals surface area contributed by atoms with Gasteiger partial charge in [0.2, 0.25) is 0 Å². The third kappa shape index (κ3) is 4.64. The van der Waals surface area contributed by atoms with Crippen LogP contribution in [0, 0.1) is 11.8 Å². The number of allylic oxidation sites excluding steroid dienone is 2. The summed E-state index contributed by atoms with van der Waals surface area (Å²) in [6, 6.07) is 0. The van der Waals surface area contributed by atoms with Gasteiger partial charge < -0.3 is 5.11 Å². The molecular formula is C10H16O. The molecule has 0 heterocycles. The van der Waals surface area contributed by atoms with E-state index in [0.717, 1.165) is 5.57 Å². The van der Waals surface area contributed by atoms with E-state index in [1.165, 1.54) is 0 Å². The molecule has 0 spiro atoms. The van der Waals surface area contributed by atoms with Gasteiger partial charge in [0.15, 0.2) is 0 Å². The van der Waals surface area contributed by atoms with Crippen LogP contribution >= 0.6 is 0 Å². The lowest BCUT2D eigenvalue weighted by molar-refractivity contribution is 0.118. The molecule has 0 radical (unpaired) electrons. The standard InChI is InChI=1S/C10H16O/c1-5-9(3)7-8-10(4,11)6-2/h5,11H,6H2,1-4H3. The maximum atomic E-state index is 9.47. The Bertz CT molecular complexity index is 201. The molecule has 0 bridgehead atoms. The van der Waals surface area contributed by atoms with Gasteiger partial charge in [-0.1, -0.05) is 24.8 Å². The van der Waals surface area contributed by atoms with E-state index < -0.39 is 5.60 Å². The van der Waals surface area contributed by atoms with Crippen molar-refractivity contribution in [1.82, 2.24) is 0 Å². The van der Waals surface area contributed by atoms with Crippen molar-refractivity contribution in [2.45, 2.75) is 39.7 Å². The maximum absolute atomic E-state index is 9.47. The summed E-state index contributed by atoms with van der Waals surface area (Å²) >= 11 is 0. The second kappa shape index (κ2) is 4.20. The fourth-order valence-electron chi connectivity index (χ4n) is 0.394. The number of aliphatic hydroxyl groups is 1. The van der Waals surface area contributed by atoms with Gasteiger partial charge in [-0.2, -0.15) is 0 Å². The Morgan fingerprint density at radius 1 is 1.64 bits per heavy atom. The van der Waals surface area contributed by atoms with Crippen molar-refractivity contribution in [1.29, 1.82) is 0 Å². The Hall–Kier alpha value is -0.740. The molecule has 0 rings (SSSR count). The van der Waals surface area contributed by atoms with Crippen LogP contribution in [0.15, 0.2) is 11.6 Å². The van der Waals surface area contributed by atoms with E-state index in [2.05, 4.69) is 11.8 Å². The van der Waals surface area contributed by atoms with Gasteiger partial charge in [0.1, 0.15) is 5.60 Å². The van der Waals surface area contributed by atoms with Crippen molar-refractivity contribution in [2.75, 3.05) is 0 Å². The molecule has 0 aromatic carbocycles. The van der Waals surface area contributed by atoms with Crippen LogP contribution in [0.2, 0.25) is 0 Å². The molecule has 0 aliphatic heterocycles. The van der Waals surface area contributed by atoms with Crippen molar-refractivity contribution in [3.63, 3.8) is 0 Å². The van der Waals surface area contributed by atoms with Crippen LogP contribution in [-0.2, 0) is 0 Å². The van der Waals surface area contributed by atoms with Crippen LogP contribution in [-0.4, -0.2) is 10.7 Å². The molecule has 0 aromatic rings. The highest BCUT2D eigenvalue weighted by molar-refractivity contribution is 5.29. The monoisotopic (exact) mass is 152 g/mol. The predicted octanol–water partition coefficient (Wildman–Crippen LogP) is 2.12. The van der Waals surface area contributed by atoms with Crippen molar-refractivity contribution >= 4 is 0 Å². The van der Waals surface area contributed by atoms with Crippen LogP contribution in [0.3, 0.4) is 0 Å². The SMILES string of the molecule is CC=C(C)C#CC(C)(O)CC. The predicted molar refractivity (Wildman–Crippen MR) is 48.1 cm³/mol. The van der Waals surface area contributed by atoms with E-state index in [-0.39, 0.29) is 0 Å². The number of hydrogen-bond acceptors (Lipinski definition) is 1. The summed E-state index contributed by atoms with van der Waals surface area (Å²) in [7, 11) is 0. The Kier molecular flexibility index (Phi) is 3.92. The minimum absolute atomic E-state index is 0.664. The zero-order chi connectivity index (χ0) is 8.91. The molecule has 0 saturated carbocycles. The van der Waals surface area contributed by atoms with Gasteiger partial charge >= 0.3 is 0 Å². The summed E-state index contributed by atoms with van der Waals surface area (Å²) in [6.45, 7) is 7.51. The van der Waals surface area contributed by atoms with Crippen LogP contribution < -0.4 is 0 Å². The van der Waals surface area contributed by atoms with Crippen LogP contribution in [0.4, 0.5) is 0 Å². The summed E-state index contributed by atoms with van der Waals surface area (Å²) in [5, 5.41) is 9.47. The van der Waals surface area contributed by atoms with Gasteiger partial charge in [0.05, 0.1) is 0 Å². The molecule has 0 aliphatic rings. The largest absolute Gasteiger partial charge is 0.378 e. The van der Waals surface area contributed by atoms with Crippen LogP contribution in [0.1, 0.15) is 34.1 Å². The molecule has 0 saturated heterocycles. The molecule has 1 nitrogen and oxygen atoms in total. The second-order valence-electron chi connectivity index (χ2n) is 2.85. The third-order valence-corrected chi connectivity index (χ3v) is 1.65. The molecule has 1 heteroatoms. The number of rotatable bonds is 1. The molecule has 1 N–H and O–H groups in total. The average Bonchev–Trinajstić information content (AvgIpc) is 2.00. The van der Waals surface area contributed by atoms with Crippen molar-refractivity contribution in [2.24, 2.45) is 0 Å². The minimum atomic E-state index is -0.829. The lowest BCUT2D eigenvalue weighted by atomic mass is 10.0. The van der Waals surface area contributed by atoms with E-state index in [9.17, 15) is 5.11 Å². The van der Waals surface area contributed by atoms with E-state index in [1.807, 2.05) is 26.8 Å². The maximum Gasteiger partial charge on any atom is 0.122 e. The molecular weight excluding hydrogens is 136 g/mol. The summed E-state index contributed by atoms with van der Waals surface area (Å²) in [5.41, 5.74) is 0.170. The Morgan fingerprint density at radius 3 is 2.55 bits per heavy atom. The van der Waals surface area contributed by atoms with E-state index in [1.54, 1.807) is 6.92 Å². The molecule has 1 unspecified atom stereocenters. The van der Waals surface area contributed by atoms with E-state index >= 15 is 0 Å². The zero-order valence-electron chi connectivity index (χ0n) is 7.73. The molecule has 62 valence electrons. The summed E-state index contributed by atoms with van der Waals surface area (Å²) < 4.78 is 0. The second-order valence-corrected chi connectivity index (χ2v) is 2.85. The molecule has 1 atom stereocenters. The smallest absolute Gasteiger partial charge is 0.122 e. The first-order valence-corrected chi connectivity index (χ1v) is 3.90. The van der Waals surface area contributed by atoms with Crippen molar-refractivity contribution in [3.05, 3.63) is 11.6 Å². The Balaban J connectivity index is 4.29. The highest BCUT2D eigenvalue weighted by Gasteiger charge is 2.11. The first kappa shape index (κ1) is 10.3. The van der Waals surface area contributed by atoms with Crippen LogP contribution in [0.25, 0.3) is 0 Å².